The van der Waals surface area contributed by atoms with Gasteiger partial charge in [-0.1, -0.05) is 29.8 Å². The van der Waals surface area contributed by atoms with Gasteiger partial charge in [-0.15, -0.1) is 0 Å². The molecule has 0 spiro atoms. The number of hydrogen-bond acceptors (Lipinski definition) is 2. The summed E-state index contributed by atoms with van der Waals surface area (Å²) in [5, 5.41) is 9.36. The second-order valence-corrected chi connectivity index (χ2v) is 3.98. The maximum absolute atomic E-state index is 11.0. The molecular formula is C14H8ClNO. The average molecular weight is 242 g/mol. The molecule has 0 saturated heterocycles. The number of nitrogens with zero attached hydrogens (tertiary/aromatic N) is 1. The van der Waals surface area contributed by atoms with Crippen molar-refractivity contribution in [3.8, 4) is 17.2 Å². The first-order valence-corrected chi connectivity index (χ1v) is 5.37. The number of nitriles is 1. The van der Waals surface area contributed by atoms with E-state index in [0.717, 1.165) is 17.4 Å². The van der Waals surface area contributed by atoms with E-state index in [1.54, 1.807) is 36.4 Å². The van der Waals surface area contributed by atoms with Crippen LogP contribution in [0.1, 0.15) is 15.9 Å². The first kappa shape index (κ1) is 11.4. The van der Waals surface area contributed by atoms with Crippen molar-refractivity contribution in [3.05, 3.63) is 58.6 Å². The highest BCUT2D eigenvalue weighted by molar-refractivity contribution is 6.31. The van der Waals surface area contributed by atoms with E-state index in [4.69, 9.17) is 16.9 Å². The fourth-order valence-corrected chi connectivity index (χ4v) is 1.83. The van der Waals surface area contributed by atoms with Crippen molar-refractivity contribution < 1.29 is 4.79 Å². The zero-order chi connectivity index (χ0) is 12.3. The first-order valence-electron chi connectivity index (χ1n) is 5.00. The Morgan fingerprint density at radius 3 is 2.71 bits per heavy atom. The van der Waals surface area contributed by atoms with E-state index in [2.05, 4.69) is 6.07 Å². The summed E-state index contributed by atoms with van der Waals surface area (Å²) in [6.07, 6.45) is 0.764. The standard InChI is InChI=1S/C14H8ClNO/c15-13-4-5-14(12(7-13)9-17)11-3-1-2-10(6-11)8-16/h1-7,9H. The fourth-order valence-electron chi connectivity index (χ4n) is 1.65. The Morgan fingerprint density at radius 2 is 2.00 bits per heavy atom. The summed E-state index contributed by atoms with van der Waals surface area (Å²) in [5.41, 5.74) is 2.70. The van der Waals surface area contributed by atoms with Gasteiger partial charge in [0.25, 0.3) is 0 Å². The van der Waals surface area contributed by atoms with Crippen LogP contribution in [0.15, 0.2) is 42.5 Å². The molecule has 0 heterocycles. The van der Waals surface area contributed by atoms with Crippen LogP contribution in [0.5, 0.6) is 0 Å². The molecule has 82 valence electrons. The summed E-state index contributed by atoms with van der Waals surface area (Å²) in [5.74, 6) is 0. The van der Waals surface area contributed by atoms with E-state index in [0.29, 0.717) is 16.1 Å². The number of carbonyl (C=O) groups is 1. The SMILES string of the molecule is N#Cc1cccc(-c2ccc(Cl)cc2C=O)c1. The lowest BCUT2D eigenvalue weighted by Gasteiger charge is -2.05. The van der Waals surface area contributed by atoms with Crippen LogP contribution >= 0.6 is 11.6 Å². The van der Waals surface area contributed by atoms with E-state index in [9.17, 15) is 4.79 Å². The quantitative estimate of drug-likeness (QED) is 0.753. The predicted octanol–water partition coefficient (Wildman–Crippen LogP) is 3.69. The highest BCUT2D eigenvalue weighted by Gasteiger charge is 2.05. The lowest BCUT2D eigenvalue weighted by Crippen LogP contribution is -1.88. The van der Waals surface area contributed by atoms with Gasteiger partial charge >= 0.3 is 0 Å². The molecule has 3 heteroatoms. The Hall–Kier alpha value is -2.11. The molecule has 0 amide bonds. The third-order valence-electron chi connectivity index (χ3n) is 2.44. The molecule has 0 unspecified atom stereocenters. The zero-order valence-corrected chi connectivity index (χ0v) is 9.61. The Balaban J connectivity index is 2.60. The van der Waals surface area contributed by atoms with Crippen LogP contribution in [0, 0.1) is 11.3 Å². The first-order chi connectivity index (χ1) is 8.24. The van der Waals surface area contributed by atoms with Gasteiger partial charge in [0.05, 0.1) is 11.6 Å². The Bertz CT molecular complexity index is 614. The van der Waals surface area contributed by atoms with Gasteiger partial charge in [0.1, 0.15) is 0 Å². The molecule has 0 N–H and O–H groups in total. The number of benzene rings is 2. The molecule has 2 nitrogen and oxygen atoms in total. The summed E-state index contributed by atoms with van der Waals surface area (Å²) >= 11 is 5.83. The van der Waals surface area contributed by atoms with E-state index < -0.39 is 0 Å². The molecular weight excluding hydrogens is 234 g/mol. The smallest absolute Gasteiger partial charge is 0.150 e. The second-order valence-electron chi connectivity index (χ2n) is 3.54. The highest BCUT2D eigenvalue weighted by Crippen LogP contribution is 2.26. The maximum atomic E-state index is 11.0. The van der Waals surface area contributed by atoms with Gasteiger partial charge in [-0.2, -0.15) is 5.26 Å². The molecule has 17 heavy (non-hydrogen) atoms. The molecule has 2 aromatic rings. The third kappa shape index (κ3) is 2.35. The minimum atomic E-state index is 0.521. The number of rotatable bonds is 2. The number of halogens is 1. The Kier molecular flexibility index (Phi) is 3.22. The van der Waals surface area contributed by atoms with Crippen molar-refractivity contribution >= 4 is 17.9 Å². The van der Waals surface area contributed by atoms with Crippen LogP contribution in [0.4, 0.5) is 0 Å². The predicted molar refractivity (Wildman–Crippen MR) is 67.0 cm³/mol. The summed E-state index contributed by atoms with van der Waals surface area (Å²) in [4.78, 5) is 11.0. The van der Waals surface area contributed by atoms with Crippen LogP contribution < -0.4 is 0 Å². The van der Waals surface area contributed by atoms with Gasteiger partial charge in [0.15, 0.2) is 6.29 Å². The lowest BCUT2D eigenvalue weighted by molar-refractivity contribution is 0.112. The number of carbonyl (C=O) groups excluding carboxylic acids is 1. The summed E-state index contributed by atoms with van der Waals surface area (Å²) < 4.78 is 0. The van der Waals surface area contributed by atoms with E-state index in [-0.39, 0.29) is 0 Å². The second kappa shape index (κ2) is 4.82. The molecule has 0 aliphatic heterocycles. The number of aldehydes is 1. The molecule has 0 radical (unpaired) electrons. The Morgan fingerprint density at radius 1 is 1.18 bits per heavy atom. The van der Waals surface area contributed by atoms with Crippen LogP contribution in [-0.4, -0.2) is 6.29 Å². The van der Waals surface area contributed by atoms with Crippen LogP contribution in [-0.2, 0) is 0 Å². The van der Waals surface area contributed by atoms with Crippen LogP contribution in [0.2, 0.25) is 5.02 Å². The topological polar surface area (TPSA) is 40.9 Å². The molecule has 0 aromatic heterocycles. The van der Waals surface area contributed by atoms with Crippen molar-refractivity contribution in [1.29, 1.82) is 5.26 Å². The van der Waals surface area contributed by atoms with Crippen molar-refractivity contribution in [1.82, 2.24) is 0 Å². The summed E-state index contributed by atoms with van der Waals surface area (Å²) in [7, 11) is 0. The minimum absolute atomic E-state index is 0.521. The minimum Gasteiger partial charge on any atom is -0.298 e. The molecule has 0 bridgehead atoms. The molecule has 0 aliphatic carbocycles. The van der Waals surface area contributed by atoms with Gasteiger partial charge in [-0.05, 0) is 35.4 Å². The third-order valence-corrected chi connectivity index (χ3v) is 2.68. The monoisotopic (exact) mass is 241 g/mol. The molecule has 2 rings (SSSR count). The Labute approximate surface area is 104 Å². The van der Waals surface area contributed by atoms with Gasteiger partial charge in [0.2, 0.25) is 0 Å². The zero-order valence-electron chi connectivity index (χ0n) is 8.85. The van der Waals surface area contributed by atoms with Crippen molar-refractivity contribution in [2.75, 3.05) is 0 Å². The lowest BCUT2D eigenvalue weighted by atomic mass is 9.99. The van der Waals surface area contributed by atoms with Crippen molar-refractivity contribution in [2.24, 2.45) is 0 Å². The summed E-state index contributed by atoms with van der Waals surface area (Å²) in [6, 6.07) is 14.3. The highest BCUT2D eigenvalue weighted by atomic mass is 35.5. The van der Waals surface area contributed by atoms with Crippen LogP contribution in [0.3, 0.4) is 0 Å². The molecule has 0 saturated carbocycles. The largest absolute Gasteiger partial charge is 0.298 e. The fraction of sp³-hybridized carbons (Fsp3) is 0. The molecule has 2 aromatic carbocycles. The van der Waals surface area contributed by atoms with Crippen molar-refractivity contribution in [3.63, 3.8) is 0 Å². The van der Waals surface area contributed by atoms with E-state index >= 15 is 0 Å². The van der Waals surface area contributed by atoms with Gasteiger partial charge in [0, 0.05) is 10.6 Å². The van der Waals surface area contributed by atoms with Gasteiger partial charge < -0.3 is 0 Å². The van der Waals surface area contributed by atoms with Crippen molar-refractivity contribution in [2.45, 2.75) is 0 Å². The van der Waals surface area contributed by atoms with E-state index in [1.807, 2.05) is 6.07 Å². The normalized spacial score (nSPS) is 9.65. The van der Waals surface area contributed by atoms with Gasteiger partial charge in [-0.25, -0.2) is 0 Å². The molecule has 0 fully saturated rings. The van der Waals surface area contributed by atoms with Crippen LogP contribution in [0.25, 0.3) is 11.1 Å². The summed E-state index contributed by atoms with van der Waals surface area (Å²) in [6.45, 7) is 0. The average Bonchev–Trinajstić information content (AvgIpc) is 2.38. The molecule has 0 atom stereocenters. The van der Waals surface area contributed by atoms with E-state index in [1.165, 1.54) is 0 Å². The van der Waals surface area contributed by atoms with Gasteiger partial charge in [-0.3, -0.25) is 4.79 Å². The maximum Gasteiger partial charge on any atom is 0.150 e. The number of hydrogen-bond donors (Lipinski definition) is 0. The molecule has 0 aliphatic rings.